The molecule has 2 nitrogen and oxygen atoms in total. The van der Waals surface area contributed by atoms with Gasteiger partial charge in [-0.2, -0.15) is 11.3 Å². The molecule has 2 bridgehead atoms. The van der Waals surface area contributed by atoms with Crippen molar-refractivity contribution in [1.82, 2.24) is 5.32 Å². The molecular weight excluding hydrogens is 290 g/mol. The number of fused-ring (bicyclic) bond motifs is 2. The number of nitrogens with one attached hydrogen (secondary N) is 1. The Kier molecular flexibility index (Phi) is 3.77. The van der Waals surface area contributed by atoms with E-state index in [1.54, 1.807) is 24.0 Å². The maximum Gasteiger partial charge on any atom is 0.119 e. The van der Waals surface area contributed by atoms with E-state index in [9.17, 15) is 0 Å². The molecule has 0 spiro atoms. The van der Waals surface area contributed by atoms with Crippen molar-refractivity contribution in [2.45, 2.75) is 37.8 Å². The Bertz CT molecular complexity index is 675. The van der Waals surface area contributed by atoms with Gasteiger partial charge in [0.05, 0.1) is 7.11 Å². The molecule has 2 atom stereocenters. The maximum absolute atomic E-state index is 5.43. The number of benzene rings is 1. The SMILES string of the molecule is COc1cccc(C(=C2CC3CCC(C2)N3)c2ccsc2)c1. The topological polar surface area (TPSA) is 21.3 Å². The van der Waals surface area contributed by atoms with Crippen LogP contribution in [0.4, 0.5) is 0 Å². The van der Waals surface area contributed by atoms with Crippen molar-refractivity contribution in [3.8, 4) is 5.75 Å². The van der Waals surface area contributed by atoms with E-state index >= 15 is 0 Å². The summed E-state index contributed by atoms with van der Waals surface area (Å²) in [4.78, 5) is 0. The van der Waals surface area contributed by atoms with Crippen LogP contribution in [0.25, 0.3) is 5.57 Å². The quantitative estimate of drug-likeness (QED) is 0.903. The van der Waals surface area contributed by atoms with Crippen molar-refractivity contribution in [3.05, 3.63) is 57.8 Å². The van der Waals surface area contributed by atoms with Gasteiger partial charge in [0.15, 0.2) is 0 Å². The summed E-state index contributed by atoms with van der Waals surface area (Å²) in [7, 11) is 1.74. The first-order chi connectivity index (χ1) is 10.8. The summed E-state index contributed by atoms with van der Waals surface area (Å²) in [6.45, 7) is 0. The van der Waals surface area contributed by atoms with Gasteiger partial charge in [-0.15, -0.1) is 0 Å². The van der Waals surface area contributed by atoms with Crippen molar-refractivity contribution in [3.63, 3.8) is 0 Å². The summed E-state index contributed by atoms with van der Waals surface area (Å²) in [5, 5.41) is 8.18. The molecule has 0 saturated carbocycles. The van der Waals surface area contributed by atoms with Crippen LogP contribution in [-0.2, 0) is 0 Å². The van der Waals surface area contributed by atoms with Crippen molar-refractivity contribution >= 4 is 16.9 Å². The van der Waals surface area contributed by atoms with Gasteiger partial charge in [0.2, 0.25) is 0 Å². The molecule has 22 heavy (non-hydrogen) atoms. The predicted octanol–water partition coefficient (Wildman–Crippen LogP) is 4.47. The number of hydrogen-bond donors (Lipinski definition) is 1. The molecule has 2 aliphatic heterocycles. The fraction of sp³-hybridized carbons (Fsp3) is 0.368. The zero-order chi connectivity index (χ0) is 14.9. The first kappa shape index (κ1) is 14.0. The van der Waals surface area contributed by atoms with Crippen LogP contribution in [-0.4, -0.2) is 19.2 Å². The molecule has 2 unspecified atom stereocenters. The molecule has 2 aromatic rings. The molecule has 2 saturated heterocycles. The van der Waals surface area contributed by atoms with Crippen molar-refractivity contribution in [2.75, 3.05) is 7.11 Å². The van der Waals surface area contributed by atoms with E-state index in [1.807, 2.05) is 6.07 Å². The molecule has 0 aliphatic carbocycles. The molecule has 2 fully saturated rings. The van der Waals surface area contributed by atoms with Crippen LogP contribution < -0.4 is 10.1 Å². The highest BCUT2D eigenvalue weighted by Gasteiger charge is 2.32. The standard InChI is InChI=1S/C19H21NOS/c1-21-18-4-2-3-13(11-18)19(14-7-8-22-12-14)15-9-16-5-6-17(10-15)20-16/h2-4,7-8,11-12,16-17,20H,5-6,9-10H2,1H3. The summed E-state index contributed by atoms with van der Waals surface area (Å²) in [6.07, 6.45) is 5.00. The summed E-state index contributed by atoms with van der Waals surface area (Å²) >= 11 is 1.77. The van der Waals surface area contributed by atoms with E-state index in [0.717, 1.165) is 5.75 Å². The van der Waals surface area contributed by atoms with Crippen molar-refractivity contribution in [1.29, 1.82) is 0 Å². The molecule has 4 rings (SSSR count). The zero-order valence-corrected chi connectivity index (χ0v) is 13.7. The first-order valence-corrected chi connectivity index (χ1v) is 8.93. The van der Waals surface area contributed by atoms with E-state index < -0.39 is 0 Å². The van der Waals surface area contributed by atoms with Crippen LogP contribution in [0.3, 0.4) is 0 Å². The highest BCUT2D eigenvalue weighted by Crippen LogP contribution is 2.39. The lowest BCUT2D eigenvalue weighted by atomic mass is 9.87. The third-order valence-corrected chi connectivity index (χ3v) is 5.53. The fourth-order valence-electron chi connectivity index (χ4n) is 3.87. The fourth-order valence-corrected chi connectivity index (χ4v) is 4.51. The minimum atomic E-state index is 0.674. The largest absolute Gasteiger partial charge is 0.497 e. The molecule has 0 amide bonds. The Morgan fingerprint density at radius 3 is 2.64 bits per heavy atom. The molecular formula is C19H21NOS. The summed E-state index contributed by atoms with van der Waals surface area (Å²) in [5.41, 5.74) is 5.68. The molecule has 3 heterocycles. The lowest BCUT2D eigenvalue weighted by Crippen LogP contribution is -2.35. The van der Waals surface area contributed by atoms with Gasteiger partial charge in [0.25, 0.3) is 0 Å². The maximum atomic E-state index is 5.43. The van der Waals surface area contributed by atoms with Gasteiger partial charge >= 0.3 is 0 Å². The van der Waals surface area contributed by atoms with Crippen LogP contribution in [0.15, 0.2) is 46.7 Å². The molecule has 0 radical (unpaired) electrons. The Morgan fingerprint density at radius 2 is 1.95 bits per heavy atom. The molecule has 1 aromatic heterocycles. The van der Waals surface area contributed by atoms with Gasteiger partial charge in [0.1, 0.15) is 5.75 Å². The second-order valence-corrected chi connectivity index (χ2v) is 7.05. The summed E-state index contributed by atoms with van der Waals surface area (Å²) in [5.74, 6) is 0.933. The highest BCUT2D eigenvalue weighted by molar-refractivity contribution is 7.08. The number of thiophene rings is 1. The number of methoxy groups -OCH3 is 1. The van der Waals surface area contributed by atoms with Gasteiger partial charge < -0.3 is 10.1 Å². The van der Waals surface area contributed by atoms with E-state index in [2.05, 4.69) is 40.3 Å². The van der Waals surface area contributed by atoms with Crippen molar-refractivity contribution < 1.29 is 4.74 Å². The smallest absolute Gasteiger partial charge is 0.119 e. The Hall–Kier alpha value is -1.58. The normalized spacial score (nSPS) is 23.6. The zero-order valence-electron chi connectivity index (χ0n) is 12.8. The number of hydrogen-bond acceptors (Lipinski definition) is 3. The molecule has 1 N–H and O–H groups in total. The third kappa shape index (κ3) is 2.59. The highest BCUT2D eigenvalue weighted by atomic mass is 32.1. The van der Waals surface area contributed by atoms with Crippen LogP contribution in [0.5, 0.6) is 5.75 Å². The number of piperidine rings is 1. The Morgan fingerprint density at radius 1 is 1.14 bits per heavy atom. The Balaban J connectivity index is 1.82. The van der Waals surface area contributed by atoms with Crippen molar-refractivity contribution in [2.24, 2.45) is 0 Å². The molecule has 2 aliphatic rings. The Labute approximate surface area is 135 Å². The van der Waals surface area contributed by atoms with E-state index in [1.165, 1.54) is 42.4 Å². The van der Waals surface area contributed by atoms with E-state index in [4.69, 9.17) is 4.74 Å². The predicted molar refractivity (Wildman–Crippen MR) is 92.5 cm³/mol. The summed E-state index contributed by atoms with van der Waals surface area (Å²) in [6, 6.07) is 12.1. The van der Waals surface area contributed by atoms with Gasteiger partial charge in [-0.25, -0.2) is 0 Å². The van der Waals surface area contributed by atoms with Gasteiger partial charge in [-0.05, 0) is 71.3 Å². The second kappa shape index (κ2) is 5.90. The lowest BCUT2D eigenvalue weighted by Gasteiger charge is -2.26. The van der Waals surface area contributed by atoms with Gasteiger partial charge in [-0.3, -0.25) is 0 Å². The first-order valence-electron chi connectivity index (χ1n) is 7.98. The number of ether oxygens (including phenoxy) is 1. The third-order valence-electron chi connectivity index (χ3n) is 4.84. The average Bonchev–Trinajstić information content (AvgIpc) is 3.18. The van der Waals surface area contributed by atoms with Crippen LogP contribution in [0.2, 0.25) is 0 Å². The second-order valence-electron chi connectivity index (χ2n) is 6.27. The minimum Gasteiger partial charge on any atom is -0.497 e. The van der Waals surface area contributed by atoms with Crippen LogP contribution >= 0.6 is 11.3 Å². The van der Waals surface area contributed by atoms with Gasteiger partial charge in [-0.1, -0.05) is 17.7 Å². The van der Waals surface area contributed by atoms with Crippen LogP contribution in [0.1, 0.15) is 36.8 Å². The minimum absolute atomic E-state index is 0.674. The average molecular weight is 311 g/mol. The molecule has 1 aromatic carbocycles. The van der Waals surface area contributed by atoms with Crippen LogP contribution in [0, 0.1) is 0 Å². The van der Waals surface area contributed by atoms with E-state index in [0.29, 0.717) is 12.1 Å². The molecule has 114 valence electrons. The van der Waals surface area contributed by atoms with Gasteiger partial charge in [0, 0.05) is 12.1 Å². The summed E-state index contributed by atoms with van der Waals surface area (Å²) < 4.78 is 5.43. The van der Waals surface area contributed by atoms with E-state index in [-0.39, 0.29) is 0 Å². The lowest BCUT2D eigenvalue weighted by molar-refractivity contribution is 0.414. The molecule has 3 heteroatoms. The number of rotatable bonds is 3. The monoisotopic (exact) mass is 311 g/mol.